The molecule has 4 heteroatoms. The molecular formula is C9H7ClN2O. The molecule has 0 atom stereocenters. The zero-order valence-electron chi connectivity index (χ0n) is 6.77. The quantitative estimate of drug-likeness (QED) is 0.674. The van der Waals surface area contributed by atoms with Gasteiger partial charge in [0.05, 0.1) is 12.1 Å². The van der Waals surface area contributed by atoms with Crippen LogP contribution in [0.1, 0.15) is 6.42 Å². The van der Waals surface area contributed by atoms with Crippen molar-refractivity contribution < 1.29 is 4.79 Å². The topological polar surface area (TPSA) is 32.7 Å². The molecule has 1 amide bonds. The van der Waals surface area contributed by atoms with Gasteiger partial charge < -0.3 is 0 Å². The van der Waals surface area contributed by atoms with Crippen molar-refractivity contribution >= 4 is 29.4 Å². The van der Waals surface area contributed by atoms with E-state index in [4.69, 9.17) is 11.6 Å². The van der Waals surface area contributed by atoms with Crippen LogP contribution in [0, 0.1) is 0 Å². The van der Waals surface area contributed by atoms with Gasteiger partial charge in [0, 0.05) is 11.2 Å². The minimum atomic E-state index is -0.0257. The number of halogens is 1. The van der Waals surface area contributed by atoms with Crippen molar-refractivity contribution in [3.8, 4) is 0 Å². The Balaban J connectivity index is 2.35. The maximum atomic E-state index is 11.2. The number of rotatable bonds is 1. The molecule has 0 spiro atoms. The monoisotopic (exact) mass is 194 g/mol. The van der Waals surface area contributed by atoms with Crippen LogP contribution in [0.5, 0.6) is 0 Å². The normalized spacial score (nSPS) is 15.5. The molecule has 0 saturated heterocycles. The zero-order chi connectivity index (χ0) is 9.26. The van der Waals surface area contributed by atoms with Crippen LogP contribution in [-0.2, 0) is 4.79 Å². The van der Waals surface area contributed by atoms with E-state index in [0.717, 1.165) is 0 Å². The van der Waals surface area contributed by atoms with Gasteiger partial charge in [0.25, 0.3) is 5.91 Å². The molecule has 2 rings (SSSR count). The van der Waals surface area contributed by atoms with Crippen LogP contribution in [0.25, 0.3) is 0 Å². The number of nitrogens with zero attached hydrogens (tertiary/aromatic N) is 2. The average molecular weight is 195 g/mol. The van der Waals surface area contributed by atoms with E-state index in [9.17, 15) is 4.79 Å². The molecule has 1 aliphatic rings. The second-order valence-corrected chi connectivity index (χ2v) is 3.12. The van der Waals surface area contributed by atoms with E-state index in [1.807, 2.05) is 0 Å². The SMILES string of the molecule is O=C1CC=NN1c1cccc(Cl)c1. The minimum absolute atomic E-state index is 0.0257. The first-order chi connectivity index (χ1) is 6.27. The van der Waals surface area contributed by atoms with E-state index < -0.39 is 0 Å². The number of hydrazone groups is 1. The van der Waals surface area contributed by atoms with Crippen molar-refractivity contribution in [1.29, 1.82) is 0 Å². The van der Waals surface area contributed by atoms with Gasteiger partial charge in [0.2, 0.25) is 0 Å². The highest BCUT2D eigenvalue weighted by Crippen LogP contribution is 2.21. The fourth-order valence-electron chi connectivity index (χ4n) is 1.17. The first-order valence-electron chi connectivity index (χ1n) is 3.88. The van der Waals surface area contributed by atoms with Crippen molar-refractivity contribution in [2.45, 2.75) is 6.42 Å². The lowest BCUT2D eigenvalue weighted by Crippen LogP contribution is -2.19. The molecule has 0 saturated carbocycles. The average Bonchev–Trinajstić information content (AvgIpc) is 2.51. The molecule has 0 bridgehead atoms. The number of amides is 1. The molecule has 0 aliphatic carbocycles. The third kappa shape index (κ3) is 1.55. The van der Waals surface area contributed by atoms with Crippen molar-refractivity contribution in [2.75, 3.05) is 5.01 Å². The molecule has 1 aromatic rings. The van der Waals surface area contributed by atoms with Crippen molar-refractivity contribution in [3.63, 3.8) is 0 Å². The van der Waals surface area contributed by atoms with Crippen LogP contribution < -0.4 is 5.01 Å². The zero-order valence-corrected chi connectivity index (χ0v) is 7.53. The lowest BCUT2D eigenvalue weighted by Gasteiger charge is -2.11. The number of carbonyl (C=O) groups is 1. The third-order valence-corrected chi connectivity index (χ3v) is 1.99. The van der Waals surface area contributed by atoms with Crippen molar-refractivity contribution in [2.24, 2.45) is 5.10 Å². The molecule has 66 valence electrons. The lowest BCUT2D eigenvalue weighted by atomic mass is 10.3. The Morgan fingerprint density at radius 2 is 2.31 bits per heavy atom. The standard InChI is InChI=1S/C9H7ClN2O/c10-7-2-1-3-8(6-7)12-9(13)4-5-11-12/h1-3,5-6H,4H2. The highest BCUT2D eigenvalue weighted by atomic mass is 35.5. The summed E-state index contributed by atoms with van der Waals surface area (Å²) in [5.41, 5.74) is 0.714. The van der Waals surface area contributed by atoms with Crippen LogP contribution in [0.4, 0.5) is 5.69 Å². The van der Waals surface area contributed by atoms with Crippen LogP contribution in [0.2, 0.25) is 5.02 Å². The first kappa shape index (κ1) is 8.26. The largest absolute Gasteiger partial charge is 0.272 e. The Labute approximate surface area is 80.6 Å². The predicted octanol–water partition coefficient (Wildman–Crippen LogP) is 2.06. The summed E-state index contributed by atoms with van der Waals surface area (Å²) in [6.07, 6.45) is 1.95. The van der Waals surface area contributed by atoms with E-state index in [2.05, 4.69) is 5.10 Å². The molecule has 0 aromatic heterocycles. The number of anilines is 1. The molecule has 1 aromatic carbocycles. The maximum Gasteiger partial charge on any atom is 0.252 e. The number of carbonyl (C=O) groups excluding carboxylic acids is 1. The predicted molar refractivity (Wildman–Crippen MR) is 52.0 cm³/mol. The van der Waals surface area contributed by atoms with Crippen LogP contribution >= 0.6 is 11.6 Å². The third-order valence-electron chi connectivity index (χ3n) is 1.75. The molecule has 0 fully saturated rings. The van der Waals surface area contributed by atoms with Crippen molar-refractivity contribution in [1.82, 2.24) is 0 Å². The molecule has 1 aliphatic heterocycles. The molecule has 0 radical (unpaired) electrons. The van der Waals surface area contributed by atoms with Crippen LogP contribution in [0.15, 0.2) is 29.4 Å². The van der Waals surface area contributed by atoms with Gasteiger partial charge in [0.1, 0.15) is 0 Å². The Morgan fingerprint density at radius 3 is 2.92 bits per heavy atom. The van der Waals surface area contributed by atoms with Gasteiger partial charge in [-0.3, -0.25) is 4.79 Å². The van der Waals surface area contributed by atoms with E-state index in [1.54, 1.807) is 30.5 Å². The summed E-state index contributed by atoms with van der Waals surface area (Å²) >= 11 is 5.78. The Hall–Kier alpha value is -1.35. The van der Waals surface area contributed by atoms with E-state index in [0.29, 0.717) is 17.1 Å². The summed E-state index contributed by atoms with van der Waals surface area (Å²) in [6, 6.07) is 7.06. The first-order valence-corrected chi connectivity index (χ1v) is 4.26. The molecule has 13 heavy (non-hydrogen) atoms. The summed E-state index contributed by atoms with van der Waals surface area (Å²) in [5, 5.41) is 5.89. The fourth-order valence-corrected chi connectivity index (χ4v) is 1.35. The van der Waals surface area contributed by atoms with Gasteiger partial charge in [-0.1, -0.05) is 17.7 Å². The fraction of sp³-hybridized carbons (Fsp3) is 0.111. The molecule has 0 N–H and O–H groups in total. The van der Waals surface area contributed by atoms with Gasteiger partial charge in [0.15, 0.2) is 0 Å². The second kappa shape index (κ2) is 3.18. The Kier molecular flexibility index (Phi) is 2.02. The molecule has 1 heterocycles. The number of hydrogen-bond donors (Lipinski definition) is 0. The van der Waals surface area contributed by atoms with Crippen molar-refractivity contribution in [3.05, 3.63) is 29.3 Å². The summed E-state index contributed by atoms with van der Waals surface area (Å²) in [4.78, 5) is 11.2. The van der Waals surface area contributed by atoms with Crippen LogP contribution in [-0.4, -0.2) is 12.1 Å². The Bertz CT molecular complexity index is 376. The van der Waals surface area contributed by atoms with Gasteiger partial charge in [-0.15, -0.1) is 0 Å². The van der Waals surface area contributed by atoms with E-state index in [-0.39, 0.29) is 5.91 Å². The highest BCUT2D eigenvalue weighted by molar-refractivity contribution is 6.31. The van der Waals surface area contributed by atoms with E-state index in [1.165, 1.54) is 5.01 Å². The second-order valence-electron chi connectivity index (χ2n) is 2.69. The highest BCUT2D eigenvalue weighted by Gasteiger charge is 2.18. The minimum Gasteiger partial charge on any atom is -0.272 e. The Morgan fingerprint density at radius 1 is 1.46 bits per heavy atom. The summed E-state index contributed by atoms with van der Waals surface area (Å²) in [7, 11) is 0. The van der Waals surface area contributed by atoms with Gasteiger partial charge in [-0.05, 0) is 18.2 Å². The summed E-state index contributed by atoms with van der Waals surface area (Å²) < 4.78 is 0. The smallest absolute Gasteiger partial charge is 0.252 e. The molecule has 0 unspecified atom stereocenters. The van der Waals surface area contributed by atoms with Gasteiger partial charge >= 0.3 is 0 Å². The van der Waals surface area contributed by atoms with Gasteiger partial charge in [-0.2, -0.15) is 5.10 Å². The van der Waals surface area contributed by atoms with Crippen LogP contribution in [0.3, 0.4) is 0 Å². The molecular weight excluding hydrogens is 188 g/mol. The summed E-state index contributed by atoms with van der Waals surface area (Å²) in [5.74, 6) is -0.0257. The van der Waals surface area contributed by atoms with Gasteiger partial charge in [-0.25, -0.2) is 5.01 Å². The number of hydrogen-bond acceptors (Lipinski definition) is 2. The number of benzene rings is 1. The maximum absolute atomic E-state index is 11.2. The summed E-state index contributed by atoms with van der Waals surface area (Å²) in [6.45, 7) is 0. The molecule has 3 nitrogen and oxygen atoms in total. The van der Waals surface area contributed by atoms with E-state index >= 15 is 0 Å². The lowest BCUT2D eigenvalue weighted by molar-refractivity contribution is -0.116.